The van der Waals surface area contributed by atoms with E-state index in [0.29, 0.717) is 12.0 Å². The van der Waals surface area contributed by atoms with Gasteiger partial charge in [-0.2, -0.15) is 4.37 Å². The Bertz CT molecular complexity index is 867. The molecule has 3 unspecified atom stereocenters. The fourth-order valence-electron chi connectivity index (χ4n) is 5.01. The number of aromatic nitrogens is 2. The predicted molar refractivity (Wildman–Crippen MR) is 136 cm³/mol. The van der Waals surface area contributed by atoms with Crippen molar-refractivity contribution in [2.75, 3.05) is 38.0 Å². The minimum atomic E-state index is -0.235. The van der Waals surface area contributed by atoms with Gasteiger partial charge < -0.3 is 15.5 Å². The molecule has 4 heterocycles. The monoisotopic (exact) mass is 475 g/mol. The van der Waals surface area contributed by atoms with Crippen LogP contribution >= 0.6 is 11.5 Å². The molecule has 0 aromatic carbocycles. The lowest BCUT2D eigenvalue weighted by Crippen LogP contribution is -2.60. The zero-order valence-electron chi connectivity index (χ0n) is 20.5. The third-order valence-corrected chi connectivity index (χ3v) is 7.69. The molecule has 0 radical (unpaired) electrons. The van der Waals surface area contributed by atoms with Crippen LogP contribution in [0, 0.1) is 5.92 Å². The van der Waals surface area contributed by atoms with E-state index >= 15 is 0 Å². The maximum absolute atomic E-state index is 13.2. The topological polar surface area (TPSA) is 76.6 Å². The van der Waals surface area contributed by atoms with Crippen LogP contribution in [0.5, 0.6) is 0 Å². The summed E-state index contributed by atoms with van der Waals surface area (Å²) in [6.07, 6.45) is 11.4. The standard InChI is InChI=1S/C24H39N7OS.H2/c1-18(2)16-20(22(32)31-11-7-8-19(31)3)26-23-27-21(28-33-23)17-29-12-14-30(15-13-29)24(4)9-5-6-10-25-24;/h5-6,9-10,18-20,25H,7-8,11-17H2,1-4H3,(H,26,27,28);1H. The zero-order valence-corrected chi connectivity index (χ0v) is 21.3. The number of nitrogens with zero attached hydrogens (tertiary/aromatic N) is 5. The first kappa shape index (κ1) is 24.2. The van der Waals surface area contributed by atoms with Crippen molar-refractivity contribution in [2.24, 2.45) is 5.92 Å². The van der Waals surface area contributed by atoms with Crippen molar-refractivity contribution >= 4 is 22.6 Å². The van der Waals surface area contributed by atoms with Gasteiger partial charge in [0.15, 0.2) is 5.82 Å². The fourth-order valence-corrected chi connectivity index (χ4v) is 5.64. The molecule has 2 fully saturated rings. The Balaban J connectivity index is 0.00000324. The Morgan fingerprint density at radius 1 is 1.30 bits per heavy atom. The van der Waals surface area contributed by atoms with Gasteiger partial charge >= 0.3 is 0 Å². The highest BCUT2D eigenvalue weighted by atomic mass is 32.1. The van der Waals surface area contributed by atoms with Crippen LogP contribution in [0.4, 0.5) is 5.13 Å². The van der Waals surface area contributed by atoms with Gasteiger partial charge in [0, 0.05) is 51.7 Å². The molecule has 0 bridgehead atoms. The van der Waals surface area contributed by atoms with E-state index in [1.165, 1.54) is 11.5 Å². The number of dihydropyridines is 1. The second-order valence-corrected chi connectivity index (χ2v) is 10.9. The van der Waals surface area contributed by atoms with Crippen LogP contribution in [0.3, 0.4) is 0 Å². The second-order valence-electron chi connectivity index (χ2n) is 10.1. The average molecular weight is 476 g/mol. The van der Waals surface area contributed by atoms with Crippen molar-refractivity contribution in [3.8, 4) is 0 Å². The van der Waals surface area contributed by atoms with Crippen LogP contribution in [-0.4, -0.2) is 80.4 Å². The van der Waals surface area contributed by atoms with Crippen LogP contribution in [-0.2, 0) is 11.3 Å². The zero-order chi connectivity index (χ0) is 23.4. The van der Waals surface area contributed by atoms with E-state index in [-0.39, 0.29) is 19.0 Å². The summed E-state index contributed by atoms with van der Waals surface area (Å²) in [6.45, 7) is 14.3. The number of allylic oxidation sites excluding steroid dienone is 2. The van der Waals surface area contributed by atoms with Crippen LogP contribution in [0.2, 0.25) is 0 Å². The molecule has 3 aliphatic rings. The highest BCUT2D eigenvalue weighted by Gasteiger charge is 2.33. The summed E-state index contributed by atoms with van der Waals surface area (Å²) < 4.78 is 4.59. The van der Waals surface area contributed by atoms with Crippen molar-refractivity contribution in [1.29, 1.82) is 0 Å². The SMILES string of the molecule is CC(C)CC(Nc1nc(CN2CCN(C3(C)C=CC=CN3)CC2)ns1)C(=O)N1CCCC1C.[HH]. The minimum Gasteiger partial charge on any atom is -0.370 e. The van der Waals surface area contributed by atoms with Gasteiger partial charge in [0.2, 0.25) is 11.0 Å². The molecule has 1 amide bonds. The molecule has 1 aromatic heterocycles. The molecule has 2 saturated heterocycles. The molecule has 0 spiro atoms. The van der Waals surface area contributed by atoms with E-state index in [9.17, 15) is 4.79 Å². The number of nitrogens with one attached hydrogen (secondary N) is 2. The van der Waals surface area contributed by atoms with Gasteiger partial charge in [-0.1, -0.05) is 19.9 Å². The summed E-state index contributed by atoms with van der Waals surface area (Å²) >= 11 is 1.37. The molecule has 4 rings (SSSR count). The van der Waals surface area contributed by atoms with Gasteiger partial charge in [-0.05, 0) is 57.4 Å². The van der Waals surface area contributed by atoms with E-state index in [4.69, 9.17) is 4.98 Å². The van der Waals surface area contributed by atoms with Gasteiger partial charge in [0.1, 0.15) is 11.7 Å². The Kier molecular flexibility index (Phi) is 7.71. The smallest absolute Gasteiger partial charge is 0.245 e. The van der Waals surface area contributed by atoms with Crippen molar-refractivity contribution in [1.82, 2.24) is 29.4 Å². The number of rotatable bonds is 8. The predicted octanol–water partition coefficient (Wildman–Crippen LogP) is 3.13. The average Bonchev–Trinajstić information content (AvgIpc) is 3.42. The number of likely N-dealkylation sites (tertiary alicyclic amines) is 1. The summed E-state index contributed by atoms with van der Waals surface area (Å²) in [5, 5.41) is 7.65. The number of carbonyl (C=O) groups is 1. The summed E-state index contributed by atoms with van der Waals surface area (Å²) in [6, 6.07) is 0.0935. The van der Waals surface area contributed by atoms with Gasteiger partial charge in [-0.3, -0.25) is 14.6 Å². The van der Waals surface area contributed by atoms with Crippen LogP contribution in [0.25, 0.3) is 0 Å². The molecule has 9 heteroatoms. The highest BCUT2D eigenvalue weighted by molar-refractivity contribution is 7.09. The molecular formula is C24H41N7OS. The Morgan fingerprint density at radius 3 is 2.73 bits per heavy atom. The van der Waals surface area contributed by atoms with Gasteiger partial charge in [-0.15, -0.1) is 0 Å². The largest absolute Gasteiger partial charge is 0.370 e. The fraction of sp³-hybridized carbons (Fsp3) is 0.708. The molecule has 8 nitrogen and oxygen atoms in total. The molecule has 3 aliphatic heterocycles. The molecule has 184 valence electrons. The van der Waals surface area contributed by atoms with Crippen LogP contribution in [0.15, 0.2) is 24.4 Å². The van der Waals surface area contributed by atoms with E-state index in [1.54, 1.807) is 0 Å². The number of carbonyl (C=O) groups excluding carboxylic acids is 1. The Labute approximate surface area is 203 Å². The second kappa shape index (κ2) is 10.5. The minimum absolute atomic E-state index is 0. The normalized spacial score (nSPS) is 27.2. The van der Waals surface area contributed by atoms with Crippen LogP contribution in [0.1, 0.15) is 54.2 Å². The van der Waals surface area contributed by atoms with E-state index in [0.717, 1.165) is 69.5 Å². The molecule has 3 atom stereocenters. The molecule has 0 aliphatic carbocycles. The number of amides is 1. The number of piperazine rings is 1. The number of anilines is 1. The third-order valence-electron chi connectivity index (χ3n) is 7.00. The maximum atomic E-state index is 13.2. The van der Waals surface area contributed by atoms with Crippen molar-refractivity contribution in [2.45, 2.75) is 71.2 Å². The van der Waals surface area contributed by atoms with Crippen molar-refractivity contribution in [3.05, 3.63) is 30.3 Å². The first-order chi connectivity index (χ1) is 15.8. The quantitative estimate of drug-likeness (QED) is 0.598. The van der Waals surface area contributed by atoms with Gasteiger partial charge in [0.05, 0.1) is 6.54 Å². The van der Waals surface area contributed by atoms with E-state index < -0.39 is 0 Å². The highest BCUT2D eigenvalue weighted by Crippen LogP contribution is 2.23. The van der Waals surface area contributed by atoms with Crippen molar-refractivity contribution in [3.63, 3.8) is 0 Å². The van der Waals surface area contributed by atoms with Gasteiger partial charge in [-0.25, -0.2) is 4.98 Å². The summed E-state index contributed by atoms with van der Waals surface area (Å²) in [4.78, 5) is 24.9. The molecular weight excluding hydrogens is 434 g/mol. The summed E-state index contributed by atoms with van der Waals surface area (Å²) in [5.74, 6) is 1.47. The lowest BCUT2D eigenvalue weighted by molar-refractivity contribution is -0.132. The Hall–Kier alpha value is -1.97. The van der Waals surface area contributed by atoms with E-state index in [1.807, 2.05) is 17.2 Å². The summed E-state index contributed by atoms with van der Waals surface area (Å²) in [7, 11) is 0. The first-order valence-corrected chi connectivity index (χ1v) is 13.1. The van der Waals surface area contributed by atoms with Gasteiger partial charge in [0.25, 0.3) is 0 Å². The number of hydrogen-bond donors (Lipinski definition) is 2. The molecule has 1 aromatic rings. The molecule has 0 saturated carbocycles. The first-order valence-electron chi connectivity index (χ1n) is 12.3. The lowest BCUT2D eigenvalue weighted by atomic mass is 10.0. The van der Waals surface area contributed by atoms with Crippen molar-refractivity contribution < 1.29 is 6.22 Å². The lowest BCUT2D eigenvalue weighted by Gasteiger charge is -2.45. The summed E-state index contributed by atoms with van der Waals surface area (Å²) in [5.41, 5.74) is -0.110. The Morgan fingerprint density at radius 2 is 2.09 bits per heavy atom. The third kappa shape index (κ3) is 5.94. The van der Waals surface area contributed by atoms with Crippen LogP contribution < -0.4 is 10.6 Å². The van der Waals surface area contributed by atoms with E-state index in [2.05, 4.69) is 64.7 Å². The molecule has 33 heavy (non-hydrogen) atoms. The number of hydrogen-bond acceptors (Lipinski definition) is 8. The molecule has 2 N–H and O–H groups in total. The maximum Gasteiger partial charge on any atom is 0.245 e.